The Labute approximate surface area is 152 Å². The summed E-state index contributed by atoms with van der Waals surface area (Å²) in [5.41, 5.74) is 2.70. The van der Waals surface area contributed by atoms with E-state index in [9.17, 15) is 0 Å². The lowest BCUT2D eigenvalue weighted by atomic mass is 10.2. The number of nitrogens with zero attached hydrogens (tertiary/aromatic N) is 2. The van der Waals surface area contributed by atoms with Crippen LogP contribution in [-0.2, 0) is 0 Å². The molecule has 25 heavy (non-hydrogen) atoms. The van der Waals surface area contributed by atoms with Gasteiger partial charge in [0.2, 0.25) is 5.82 Å². The molecule has 0 aliphatic rings. The van der Waals surface area contributed by atoms with Crippen LogP contribution in [0.2, 0.25) is 5.02 Å². The van der Waals surface area contributed by atoms with Crippen LogP contribution < -0.4 is 10.1 Å². The Morgan fingerprint density at radius 2 is 1.84 bits per heavy atom. The van der Waals surface area contributed by atoms with Crippen molar-refractivity contribution in [3.63, 3.8) is 0 Å². The van der Waals surface area contributed by atoms with Crippen LogP contribution in [0.4, 0.5) is 5.69 Å². The summed E-state index contributed by atoms with van der Waals surface area (Å²) in [6, 6.07) is 13.3. The topological polar surface area (TPSA) is 60.2 Å². The number of aromatic nitrogens is 2. The number of benzene rings is 2. The van der Waals surface area contributed by atoms with Crippen molar-refractivity contribution >= 4 is 17.3 Å². The second-order valence-corrected chi connectivity index (χ2v) is 6.25. The van der Waals surface area contributed by atoms with Crippen LogP contribution in [0, 0.1) is 0 Å². The van der Waals surface area contributed by atoms with Gasteiger partial charge in [-0.2, -0.15) is 4.98 Å². The summed E-state index contributed by atoms with van der Waals surface area (Å²) in [6.07, 6.45) is 0.0605. The first-order valence-electron chi connectivity index (χ1n) is 8.21. The lowest BCUT2D eigenvalue weighted by Crippen LogP contribution is -2.05. The molecule has 1 heterocycles. The molecule has 0 saturated heterocycles. The number of rotatable bonds is 6. The Kier molecular flexibility index (Phi) is 5.24. The molecular formula is C19H20ClN3O2. The minimum Gasteiger partial charge on any atom is -0.489 e. The van der Waals surface area contributed by atoms with E-state index in [4.69, 9.17) is 20.9 Å². The molecule has 5 nitrogen and oxygen atoms in total. The van der Waals surface area contributed by atoms with Gasteiger partial charge < -0.3 is 14.6 Å². The third-order valence-electron chi connectivity index (χ3n) is 3.49. The minimum atomic E-state index is 0.0605. The van der Waals surface area contributed by atoms with Crippen LogP contribution >= 0.6 is 11.6 Å². The normalized spacial score (nSPS) is 10.9. The largest absolute Gasteiger partial charge is 0.489 e. The molecule has 0 amide bonds. The Morgan fingerprint density at radius 3 is 2.48 bits per heavy atom. The van der Waals surface area contributed by atoms with Gasteiger partial charge in [0.1, 0.15) is 5.75 Å². The molecule has 0 aliphatic carbocycles. The maximum absolute atomic E-state index is 6.28. The van der Waals surface area contributed by atoms with E-state index < -0.39 is 0 Å². The van der Waals surface area contributed by atoms with Gasteiger partial charge in [-0.05, 0) is 63.2 Å². The molecule has 0 saturated carbocycles. The molecule has 3 rings (SSSR count). The Bertz CT molecular complexity index is 844. The second-order valence-electron chi connectivity index (χ2n) is 5.84. The van der Waals surface area contributed by atoms with Gasteiger partial charge in [0, 0.05) is 23.4 Å². The van der Waals surface area contributed by atoms with E-state index in [1.165, 1.54) is 0 Å². The first-order valence-corrected chi connectivity index (χ1v) is 8.59. The molecule has 0 radical (unpaired) electrons. The smallest absolute Gasteiger partial charge is 0.258 e. The first kappa shape index (κ1) is 17.3. The van der Waals surface area contributed by atoms with Gasteiger partial charge in [-0.1, -0.05) is 16.8 Å². The van der Waals surface area contributed by atoms with Gasteiger partial charge >= 0.3 is 0 Å². The first-order chi connectivity index (χ1) is 12.1. The molecule has 0 bridgehead atoms. The van der Waals surface area contributed by atoms with Crippen molar-refractivity contribution in [2.24, 2.45) is 0 Å². The van der Waals surface area contributed by atoms with E-state index in [1.54, 1.807) is 6.07 Å². The van der Waals surface area contributed by atoms with Gasteiger partial charge in [-0.25, -0.2) is 0 Å². The highest BCUT2D eigenvalue weighted by atomic mass is 35.5. The Hall–Kier alpha value is -2.53. The van der Waals surface area contributed by atoms with Crippen molar-refractivity contribution in [2.75, 3.05) is 11.9 Å². The van der Waals surface area contributed by atoms with Crippen LogP contribution in [0.25, 0.3) is 22.8 Å². The van der Waals surface area contributed by atoms with Crippen molar-refractivity contribution in [2.45, 2.75) is 26.9 Å². The van der Waals surface area contributed by atoms with Crippen LogP contribution in [0.5, 0.6) is 5.75 Å². The van der Waals surface area contributed by atoms with E-state index >= 15 is 0 Å². The van der Waals surface area contributed by atoms with Crippen LogP contribution in [0.3, 0.4) is 0 Å². The molecule has 130 valence electrons. The summed E-state index contributed by atoms with van der Waals surface area (Å²) in [5.74, 6) is 1.60. The summed E-state index contributed by atoms with van der Waals surface area (Å²) < 4.78 is 11.0. The Morgan fingerprint density at radius 1 is 1.12 bits per heavy atom. The molecular weight excluding hydrogens is 338 g/mol. The van der Waals surface area contributed by atoms with E-state index in [1.807, 2.05) is 50.2 Å². The number of anilines is 1. The number of ether oxygens (including phenoxy) is 1. The van der Waals surface area contributed by atoms with Gasteiger partial charge in [-0.3, -0.25) is 0 Å². The Balaban J connectivity index is 1.82. The quantitative estimate of drug-likeness (QED) is 0.650. The van der Waals surface area contributed by atoms with Gasteiger partial charge in [0.05, 0.1) is 11.1 Å². The highest BCUT2D eigenvalue weighted by Gasteiger charge is 2.13. The third-order valence-corrected chi connectivity index (χ3v) is 3.79. The molecule has 1 N–H and O–H groups in total. The van der Waals surface area contributed by atoms with Crippen LogP contribution in [0.1, 0.15) is 20.8 Å². The zero-order chi connectivity index (χ0) is 17.8. The second kappa shape index (κ2) is 7.57. The van der Waals surface area contributed by atoms with Gasteiger partial charge in [-0.15, -0.1) is 0 Å². The molecule has 1 aromatic heterocycles. The predicted octanol–water partition coefficient (Wildman–Crippen LogP) is 5.28. The average molecular weight is 358 g/mol. The van der Waals surface area contributed by atoms with Crippen molar-refractivity contribution in [3.05, 3.63) is 47.5 Å². The average Bonchev–Trinajstić information content (AvgIpc) is 3.07. The molecule has 6 heteroatoms. The fourth-order valence-electron chi connectivity index (χ4n) is 2.38. The lowest BCUT2D eigenvalue weighted by Gasteiger charge is -2.11. The number of hydrogen-bond donors (Lipinski definition) is 1. The van der Waals surface area contributed by atoms with Crippen molar-refractivity contribution in [1.29, 1.82) is 0 Å². The number of nitrogens with one attached hydrogen (secondary N) is 1. The predicted molar refractivity (Wildman–Crippen MR) is 100 cm³/mol. The highest BCUT2D eigenvalue weighted by molar-refractivity contribution is 6.32. The monoisotopic (exact) mass is 357 g/mol. The minimum absolute atomic E-state index is 0.0605. The zero-order valence-electron chi connectivity index (χ0n) is 14.4. The van der Waals surface area contributed by atoms with Gasteiger partial charge in [0.15, 0.2) is 0 Å². The third kappa shape index (κ3) is 4.12. The summed E-state index contributed by atoms with van der Waals surface area (Å²) in [5, 5.41) is 7.82. The molecule has 2 aromatic carbocycles. The van der Waals surface area contributed by atoms with Crippen LogP contribution in [-0.4, -0.2) is 22.8 Å². The molecule has 0 unspecified atom stereocenters. The van der Waals surface area contributed by atoms with Crippen molar-refractivity contribution < 1.29 is 9.26 Å². The van der Waals surface area contributed by atoms with Crippen molar-refractivity contribution in [3.8, 4) is 28.6 Å². The zero-order valence-corrected chi connectivity index (χ0v) is 15.2. The summed E-state index contributed by atoms with van der Waals surface area (Å²) >= 11 is 6.28. The standard InChI is InChI=1S/C19H20ClN3O2/c1-4-21-15-8-5-13(6-9-15)19-22-18(23-25-19)14-7-10-17(16(20)11-14)24-12(2)3/h5-12,21H,4H2,1-3H3. The SMILES string of the molecule is CCNc1ccc(-c2nc(-c3ccc(OC(C)C)c(Cl)c3)no2)cc1. The summed E-state index contributed by atoms with van der Waals surface area (Å²) in [7, 11) is 0. The molecule has 0 fully saturated rings. The van der Waals surface area contributed by atoms with Crippen LogP contribution in [0.15, 0.2) is 47.0 Å². The lowest BCUT2D eigenvalue weighted by molar-refractivity contribution is 0.242. The molecule has 3 aromatic rings. The van der Waals surface area contributed by atoms with E-state index in [2.05, 4.69) is 22.4 Å². The van der Waals surface area contributed by atoms with Gasteiger partial charge in [0.25, 0.3) is 5.89 Å². The number of halogens is 1. The number of hydrogen-bond acceptors (Lipinski definition) is 5. The summed E-state index contributed by atoms with van der Waals surface area (Å²) in [4.78, 5) is 4.46. The van der Waals surface area contributed by atoms with Crippen molar-refractivity contribution in [1.82, 2.24) is 10.1 Å². The fourth-order valence-corrected chi connectivity index (χ4v) is 2.61. The molecule has 0 aliphatic heterocycles. The maximum Gasteiger partial charge on any atom is 0.258 e. The van der Waals surface area contributed by atoms with E-state index in [-0.39, 0.29) is 6.10 Å². The summed E-state index contributed by atoms with van der Waals surface area (Å²) in [6.45, 7) is 6.84. The molecule has 0 atom stereocenters. The fraction of sp³-hybridized carbons (Fsp3) is 0.263. The highest BCUT2D eigenvalue weighted by Crippen LogP contribution is 2.31. The molecule has 0 spiro atoms. The van der Waals surface area contributed by atoms with E-state index in [0.29, 0.717) is 22.5 Å². The van der Waals surface area contributed by atoms with E-state index in [0.717, 1.165) is 23.4 Å². The maximum atomic E-state index is 6.28.